The Bertz CT molecular complexity index is 836. The van der Waals surface area contributed by atoms with Crippen LogP contribution in [0.15, 0.2) is 35.1 Å². The first-order valence-corrected chi connectivity index (χ1v) is 5.47. The van der Waals surface area contributed by atoms with Crippen molar-refractivity contribution < 1.29 is 8.78 Å². The first kappa shape index (κ1) is 10.9. The maximum absolute atomic E-state index is 13.6. The summed E-state index contributed by atoms with van der Waals surface area (Å²) in [4.78, 5) is 14.3. The molecule has 0 saturated carbocycles. The molecule has 1 heterocycles. The van der Waals surface area contributed by atoms with E-state index in [2.05, 4.69) is 4.98 Å². The molecule has 0 aliphatic rings. The lowest BCUT2D eigenvalue weighted by atomic mass is 10.0. The smallest absolute Gasteiger partial charge is 0.256 e. The normalized spacial score (nSPS) is 11.3. The highest BCUT2D eigenvalue weighted by atomic mass is 19.1. The predicted molar refractivity (Wildman–Crippen MR) is 66.7 cm³/mol. The summed E-state index contributed by atoms with van der Waals surface area (Å²) >= 11 is 0. The van der Waals surface area contributed by atoms with Crippen molar-refractivity contribution in [3.63, 3.8) is 0 Å². The van der Waals surface area contributed by atoms with Crippen molar-refractivity contribution in [1.29, 1.82) is 0 Å². The van der Waals surface area contributed by atoms with Gasteiger partial charge in [-0.05, 0) is 24.4 Å². The molecule has 1 aromatic heterocycles. The maximum Gasteiger partial charge on any atom is 0.256 e. The van der Waals surface area contributed by atoms with Crippen LogP contribution in [0, 0.1) is 18.6 Å². The summed E-state index contributed by atoms with van der Waals surface area (Å²) in [5.74, 6) is -1.42. The van der Waals surface area contributed by atoms with Crippen LogP contribution >= 0.6 is 0 Å². The Hall–Kier alpha value is -2.23. The monoisotopic (exact) mass is 245 g/mol. The lowest BCUT2D eigenvalue weighted by molar-refractivity contribution is 0.590. The quantitative estimate of drug-likeness (QED) is 0.606. The van der Waals surface area contributed by atoms with Crippen LogP contribution in [0.2, 0.25) is 0 Å². The molecule has 0 unspecified atom stereocenters. The summed E-state index contributed by atoms with van der Waals surface area (Å²) < 4.78 is 26.9. The third-order valence-corrected chi connectivity index (χ3v) is 3.00. The van der Waals surface area contributed by atoms with Gasteiger partial charge in [0.25, 0.3) is 5.56 Å². The Kier molecular flexibility index (Phi) is 2.20. The number of rotatable bonds is 0. The molecule has 1 N–H and O–H groups in total. The van der Waals surface area contributed by atoms with Gasteiger partial charge >= 0.3 is 0 Å². The molecule has 2 nitrogen and oxygen atoms in total. The highest BCUT2D eigenvalue weighted by Crippen LogP contribution is 2.24. The van der Waals surface area contributed by atoms with Crippen LogP contribution in [0.4, 0.5) is 8.78 Å². The average molecular weight is 245 g/mol. The van der Waals surface area contributed by atoms with E-state index >= 15 is 0 Å². The standard InChI is InChI=1S/C14H9F2NO/c1-7-2-3-9-10-5-8(15)6-12(16)13(10)17-14(18)11(9)4-7/h2-6H,1H3,(H,17,18). The molecular formula is C14H9F2NO. The van der Waals surface area contributed by atoms with Crippen molar-refractivity contribution in [3.05, 3.63) is 57.9 Å². The van der Waals surface area contributed by atoms with E-state index in [9.17, 15) is 13.6 Å². The third-order valence-electron chi connectivity index (χ3n) is 3.00. The Balaban J connectivity index is 2.65. The first-order valence-electron chi connectivity index (χ1n) is 5.47. The number of aromatic amines is 1. The molecule has 2 aromatic carbocycles. The number of H-pyrrole nitrogens is 1. The summed E-state index contributed by atoms with van der Waals surface area (Å²) in [5.41, 5.74) is 0.591. The first-order chi connectivity index (χ1) is 8.56. The average Bonchev–Trinajstić information content (AvgIpc) is 2.31. The van der Waals surface area contributed by atoms with E-state index in [4.69, 9.17) is 0 Å². The second kappa shape index (κ2) is 3.63. The fourth-order valence-corrected chi connectivity index (χ4v) is 2.17. The number of benzene rings is 2. The van der Waals surface area contributed by atoms with Gasteiger partial charge in [0, 0.05) is 16.8 Å². The van der Waals surface area contributed by atoms with Gasteiger partial charge in [-0.3, -0.25) is 4.79 Å². The van der Waals surface area contributed by atoms with Gasteiger partial charge in [0.15, 0.2) is 0 Å². The lowest BCUT2D eigenvalue weighted by Gasteiger charge is -2.05. The summed E-state index contributed by atoms with van der Waals surface area (Å²) in [6.07, 6.45) is 0. The Morgan fingerprint density at radius 3 is 2.56 bits per heavy atom. The maximum atomic E-state index is 13.6. The largest absolute Gasteiger partial charge is 0.319 e. The van der Waals surface area contributed by atoms with Crippen LogP contribution in [0.1, 0.15) is 5.56 Å². The number of nitrogens with one attached hydrogen (secondary N) is 1. The zero-order chi connectivity index (χ0) is 12.9. The molecule has 90 valence electrons. The number of pyridine rings is 1. The molecule has 3 rings (SSSR count). The molecule has 0 amide bonds. The highest BCUT2D eigenvalue weighted by molar-refractivity contribution is 6.05. The second-order valence-corrected chi connectivity index (χ2v) is 4.31. The van der Waals surface area contributed by atoms with Crippen molar-refractivity contribution in [2.45, 2.75) is 6.92 Å². The molecular weight excluding hydrogens is 236 g/mol. The number of aryl methyl sites for hydroxylation is 1. The van der Waals surface area contributed by atoms with Gasteiger partial charge < -0.3 is 4.98 Å². The van der Waals surface area contributed by atoms with E-state index in [-0.39, 0.29) is 11.1 Å². The van der Waals surface area contributed by atoms with E-state index in [1.807, 2.05) is 13.0 Å². The molecule has 0 radical (unpaired) electrons. The van der Waals surface area contributed by atoms with Gasteiger partial charge in [-0.2, -0.15) is 0 Å². The molecule has 0 bridgehead atoms. The third kappa shape index (κ3) is 1.49. The Morgan fingerprint density at radius 2 is 1.78 bits per heavy atom. The van der Waals surface area contributed by atoms with Crippen molar-refractivity contribution in [3.8, 4) is 0 Å². The molecule has 0 aliphatic carbocycles. The van der Waals surface area contributed by atoms with Crippen LogP contribution in [0.25, 0.3) is 21.7 Å². The van der Waals surface area contributed by atoms with Gasteiger partial charge in [0.2, 0.25) is 0 Å². The minimum atomic E-state index is -0.760. The fourth-order valence-electron chi connectivity index (χ4n) is 2.17. The molecule has 0 spiro atoms. The number of hydrogen-bond donors (Lipinski definition) is 1. The summed E-state index contributed by atoms with van der Waals surface area (Å²) in [5, 5.41) is 1.37. The van der Waals surface area contributed by atoms with Crippen molar-refractivity contribution in [1.82, 2.24) is 4.98 Å². The molecule has 0 saturated heterocycles. The van der Waals surface area contributed by atoms with Crippen LogP contribution in [0.5, 0.6) is 0 Å². The van der Waals surface area contributed by atoms with Crippen molar-refractivity contribution >= 4 is 21.7 Å². The lowest BCUT2D eigenvalue weighted by Crippen LogP contribution is -2.07. The van der Waals surface area contributed by atoms with Gasteiger partial charge in [0.05, 0.1) is 5.52 Å². The molecule has 18 heavy (non-hydrogen) atoms. The summed E-state index contributed by atoms with van der Waals surface area (Å²) in [6.45, 7) is 1.86. The second-order valence-electron chi connectivity index (χ2n) is 4.31. The zero-order valence-corrected chi connectivity index (χ0v) is 9.55. The molecule has 0 atom stereocenters. The molecule has 3 aromatic rings. The molecule has 0 fully saturated rings. The van der Waals surface area contributed by atoms with Crippen LogP contribution in [-0.4, -0.2) is 4.98 Å². The van der Waals surface area contributed by atoms with Crippen LogP contribution in [-0.2, 0) is 0 Å². The van der Waals surface area contributed by atoms with Gasteiger partial charge in [0.1, 0.15) is 11.6 Å². The van der Waals surface area contributed by atoms with E-state index in [0.29, 0.717) is 16.2 Å². The van der Waals surface area contributed by atoms with Gasteiger partial charge in [-0.1, -0.05) is 17.7 Å². The predicted octanol–water partition coefficient (Wildman–Crippen LogP) is 3.27. The van der Waals surface area contributed by atoms with Crippen molar-refractivity contribution in [2.24, 2.45) is 0 Å². The van der Waals surface area contributed by atoms with E-state index in [1.165, 1.54) is 6.07 Å². The topological polar surface area (TPSA) is 32.9 Å². The van der Waals surface area contributed by atoms with Crippen LogP contribution in [0.3, 0.4) is 0 Å². The summed E-state index contributed by atoms with van der Waals surface area (Å²) in [6, 6.07) is 7.21. The van der Waals surface area contributed by atoms with Gasteiger partial charge in [-0.15, -0.1) is 0 Å². The summed E-state index contributed by atoms with van der Waals surface area (Å²) in [7, 11) is 0. The Morgan fingerprint density at radius 1 is 1.00 bits per heavy atom. The van der Waals surface area contributed by atoms with E-state index in [0.717, 1.165) is 11.6 Å². The number of halogens is 2. The number of aromatic nitrogens is 1. The van der Waals surface area contributed by atoms with E-state index in [1.54, 1.807) is 12.1 Å². The van der Waals surface area contributed by atoms with Gasteiger partial charge in [-0.25, -0.2) is 8.78 Å². The fraction of sp³-hybridized carbons (Fsp3) is 0.0714. The minimum Gasteiger partial charge on any atom is -0.319 e. The number of fused-ring (bicyclic) bond motifs is 3. The van der Waals surface area contributed by atoms with Crippen molar-refractivity contribution in [2.75, 3.05) is 0 Å². The van der Waals surface area contributed by atoms with Crippen LogP contribution < -0.4 is 5.56 Å². The molecule has 4 heteroatoms. The van der Waals surface area contributed by atoms with E-state index < -0.39 is 11.6 Å². The highest BCUT2D eigenvalue weighted by Gasteiger charge is 2.10. The zero-order valence-electron chi connectivity index (χ0n) is 9.55. The molecule has 0 aliphatic heterocycles. The Labute approximate surface area is 101 Å². The SMILES string of the molecule is Cc1ccc2c(c1)c(=O)[nH]c1c(F)cc(F)cc12. The minimum absolute atomic E-state index is 0.0396. The number of hydrogen-bond acceptors (Lipinski definition) is 1.